The molecule has 21 heavy (non-hydrogen) atoms. The van der Waals surface area contributed by atoms with E-state index >= 15 is 0 Å². The van der Waals surface area contributed by atoms with Gasteiger partial charge in [-0.25, -0.2) is 14.8 Å². The Balaban J connectivity index is 1.56. The average Bonchev–Trinajstić information content (AvgIpc) is 3.01. The lowest BCUT2D eigenvalue weighted by molar-refractivity contribution is 0.251. The number of fused-ring (bicyclic) bond motifs is 1. The van der Waals surface area contributed by atoms with Crippen LogP contribution in [0.1, 0.15) is 22.0 Å². The predicted octanol–water partition coefficient (Wildman–Crippen LogP) is 1.05. The summed E-state index contributed by atoms with van der Waals surface area (Å²) in [5.74, 6) is 0.234. The largest absolute Gasteiger partial charge is 0.331 e. The van der Waals surface area contributed by atoms with Crippen LogP contribution in [0.4, 0.5) is 10.6 Å². The smallest absolute Gasteiger partial charge is 0.320 e. The standard InChI is InChI=1S/C13H15N5O2S/c1-18-7-15-10(5-12(18)19)17-13(20)14-6-11-16-8-3-2-4-9(8)21-11/h5,7H,2-4,6H2,1H3,(H2,14,17,20). The van der Waals surface area contributed by atoms with Crippen LogP contribution in [0.5, 0.6) is 0 Å². The van der Waals surface area contributed by atoms with Crippen molar-refractivity contribution in [3.05, 3.63) is 38.3 Å². The quantitative estimate of drug-likeness (QED) is 0.887. The van der Waals surface area contributed by atoms with Gasteiger partial charge in [-0.05, 0) is 19.3 Å². The second-order valence-electron chi connectivity index (χ2n) is 4.86. The molecule has 7 nitrogen and oxygen atoms in total. The molecule has 2 aromatic rings. The molecule has 8 heteroatoms. The van der Waals surface area contributed by atoms with Crippen LogP contribution in [0.3, 0.4) is 0 Å². The lowest BCUT2D eigenvalue weighted by Crippen LogP contribution is -2.29. The monoisotopic (exact) mass is 305 g/mol. The van der Waals surface area contributed by atoms with Crippen molar-refractivity contribution in [1.82, 2.24) is 19.9 Å². The second kappa shape index (κ2) is 5.65. The molecule has 0 aromatic carbocycles. The Morgan fingerprint density at radius 3 is 3.10 bits per heavy atom. The number of carbonyl (C=O) groups excluding carboxylic acids is 1. The summed E-state index contributed by atoms with van der Waals surface area (Å²) in [5.41, 5.74) is 0.946. The van der Waals surface area contributed by atoms with Gasteiger partial charge in [0.25, 0.3) is 5.56 Å². The molecule has 2 aromatic heterocycles. The molecule has 0 fully saturated rings. The summed E-state index contributed by atoms with van der Waals surface area (Å²) in [7, 11) is 1.60. The highest BCUT2D eigenvalue weighted by atomic mass is 32.1. The van der Waals surface area contributed by atoms with Crippen LogP contribution in [0.25, 0.3) is 0 Å². The van der Waals surface area contributed by atoms with Gasteiger partial charge in [-0.1, -0.05) is 0 Å². The first-order valence-electron chi connectivity index (χ1n) is 6.67. The van der Waals surface area contributed by atoms with E-state index in [1.165, 1.54) is 34.0 Å². The fraction of sp³-hybridized carbons (Fsp3) is 0.385. The van der Waals surface area contributed by atoms with E-state index in [2.05, 4.69) is 20.6 Å². The Bertz CT molecular complexity index is 715. The molecule has 2 amide bonds. The zero-order valence-electron chi connectivity index (χ0n) is 11.5. The molecule has 0 aliphatic heterocycles. The normalized spacial score (nSPS) is 13.0. The van der Waals surface area contributed by atoms with Crippen molar-refractivity contribution in [1.29, 1.82) is 0 Å². The Hall–Kier alpha value is -2.22. The van der Waals surface area contributed by atoms with Crippen LogP contribution in [0.15, 0.2) is 17.2 Å². The number of carbonyl (C=O) groups is 1. The summed E-state index contributed by atoms with van der Waals surface area (Å²) in [6.45, 7) is 0.383. The first-order valence-corrected chi connectivity index (χ1v) is 7.48. The number of urea groups is 1. The molecular formula is C13H15N5O2S. The molecule has 0 unspecified atom stereocenters. The molecule has 0 spiro atoms. The van der Waals surface area contributed by atoms with E-state index in [1.807, 2.05) is 0 Å². The fourth-order valence-corrected chi connectivity index (χ4v) is 3.26. The van der Waals surface area contributed by atoms with Crippen molar-refractivity contribution in [2.24, 2.45) is 7.05 Å². The number of rotatable bonds is 3. The van der Waals surface area contributed by atoms with E-state index in [4.69, 9.17) is 0 Å². The number of hydrogen-bond acceptors (Lipinski definition) is 5. The van der Waals surface area contributed by atoms with Crippen molar-refractivity contribution in [2.45, 2.75) is 25.8 Å². The Kier molecular flexibility index (Phi) is 3.70. The van der Waals surface area contributed by atoms with E-state index in [0.717, 1.165) is 17.8 Å². The molecule has 2 N–H and O–H groups in total. The van der Waals surface area contributed by atoms with Crippen LogP contribution in [-0.2, 0) is 26.4 Å². The summed E-state index contributed by atoms with van der Waals surface area (Å²) >= 11 is 1.65. The topological polar surface area (TPSA) is 88.9 Å². The Labute approximate surface area is 125 Å². The number of nitrogens with one attached hydrogen (secondary N) is 2. The molecule has 0 atom stereocenters. The molecule has 2 heterocycles. The summed E-state index contributed by atoms with van der Waals surface area (Å²) < 4.78 is 1.33. The van der Waals surface area contributed by atoms with Crippen molar-refractivity contribution < 1.29 is 4.79 Å². The first kappa shape index (κ1) is 13.7. The maximum Gasteiger partial charge on any atom is 0.320 e. The number of amides is 2. The summed E-state index contributed by atoms with van der Waals surface area (Å²) in [6.07, 6.45) is 4.67. The average molecular weight is 305 g/mol. The summed E-state index contributed by atoms with van der Waals surface area (Å²) in [4.78, 5) is 33.0. The van der Waals surface area contributed by atoms with Gasteiger partial charge in [0, 0.05) is 18.0 Å². The minimum atomic E-state index is -0.397. The van der Waals surface area contributed by atoms with Crippen LogP contribution in [0, 0.1) is 0 Å². The van der Waals surface area contributed by atoms with Crippen LogP contribution in [0.2, 0.25) is 0 Å². The van der Waals surface area contributed by atoms with Gasteiger partial charge in [-0.2, -0.15) is 0 Å². The molecule has 0 saturated carbocycles. The van der Waals surface area contributed by atoms with Gasteiger partial charge < -0.3 is 9.88 Å². The Morgan fingerprint density at radius 2 is 2.33 bits per heavy atom. The molecule has 0 bridgehead atoms. The van der Waals surface area contributed by atoms with Gasteiger partial charge in [-0.3, -0.25) is 10.1 Å². The molecule has 1 aliphatic carbocycles. The summed E-state index contributed by atoms with van der Waals surface area (Å²) in [6, 6.07) is 0.878. The SMILES string of the molecule is Cn1cnc(NC(=O)NCc2nc3c(s2)CCC3)cc1=O. The zero-order valence-corrected chi connectivity index (χ0v) is 12.4. The first-order chi connectivity index (χ1) is 10.1. The van der Waals surface area contributed by atoms with Gasteiger partial charge in [0.2, 0.25) is 0 Å². The van der Waals surface area contributed by atoms with Crippen LogP contribution >= 0.6 is 11.3 Å². The van der Waals surface area contributed by atoms with Crippen molar-refractivity contribution in [3.8, 4) is 0 Å². The van der Waals surface area contributed by atoms with E-state index in [0.29, 0.717) is 6.54 Å². The van der Waals surface area contributed by atoms with Crippen molar-refractivity contribution in [3.63, 3.8) is 0 Å². The van der Waals surface area contributed by atoms with Crippen LogP contribution in [-0.4, -0.2) is 20.6 Å². The van der Waals surface area contributed by atoms with E-state index < -0.39 is 6.03 Å². The van der Waals surface area contributed by atoms with Gasteiger partial charge in [0.15, 0.2) is 0 Å². The highest BCUT2D eigenvalue weighted by Crippen LogP contribution is 2.27. The zero-order chi connectivity index (χ0) is 14.8. The minimum Gasteiger partial charge on any atom is -0.331 e. The van der Waals surface area contributed by atoms with Gasteiger partial charge >= 0.3 is 6.03 Å². The highest BCUT2D eigenvalue weighted by Gasteiger charge is 2.16. The van der Waals surface area contributed by atoms with Crippen LogP contribution < -0.4 is 16.2 Å². The highest BCUT2D eigenvalue weighted by molar-refractivity contribution is 7.11. The molecular weight excluding hydrogens is 290 g/mol. The van der Waals surface area contributed by atoms with E-state index in [-0.39, 0.29) is 11.4 Å². The summed E-state index contributed by atoms with van der Waals surface area (Å²) in [5, 5.41) is 6.16. The maximum absolute atomic E-state index is 11.8. The number of aryl methyl sites for hydroxylation is 3. The molecule has 1 aliphatic rings. The van der Waals surface area contributed by atoms with Gasteiger partial charge in [-0.15, -0.1) is 11.3 Å². The Morgan fingerprint density at radius 1 is 1.48 bits per heavy atom. The second-order valence-corrected chi connectivity index (χ2v) is 6.03. The van der Waals surface area contributed by atoms with Crippen molar-refractivity contribution in [2.75, 3.05) is 5.32 Å². The van der Waals surface area contributed by atoms with Gasteiger partial charge in [0.1, 0.15) is 10.8 Å². The third-order valence-corrected chi connectivity index (χ3v) is 4.42. The lowest BCUT2D eigenvalue weighted by atomic mass is 10.4. The molecule has 3 rings (SSSR count). The number of anilines is 1. The predicted molar refractivity (Wildman–Crippen MR) is 79.5 cm³/mol. The van der Waals surface area contributed by atoms with E-state index in [1.54, 1.807) is 18.4 Å². The molecule has 110 valence electrons. The van der Waals surface area contributed by atoms with Crippen molar-refractivity contribution >= 4 is 23.2 Å². The van der Waals surface area contributed by atoms with E-state index in [9.17, 15) is 9.59 Å². The fourth-order valence-electron chi connectivity index (χ4n) is 2.17. The molecule has 0 radical (unpaired) electrons. The maximum atomic E-state index is 11.8. The third kappa shape index (κ3) is 3.10. The number of thiazole rings is 1. The number of nitrogens with zero attached hydrogens (tertiary/aromatic N) is 3. The third-order valence-electron chi connectivity index (χ3n) is 3.26. The number of aromatic nitrogens is 3. The number of hydrogen-bond donors (Lipinski definition) is 2. The minimum absolute atomic E-state index is 0.225. The van der Waals surface area contributed by atoms with Gasteiger partial charge in [0.05, 0.1) is 18.6 Å². The molecule has 0 saturated heterocycles. The lowest BCUT2D eigenvalue weighted by Gasteiger charge is -2.05.